The summed E-state index contributed by atoms with van der Waals surface area (Å²) in [5.41, 5.74) is 0. The van der Waals surface area contributed by atoms with Gasteiger partial charge in [0.05, 0.1) is 0 Å². The van der Waals surface area contributed by atoms with Crippen LogP contribution in [0.15, 0.2) is 0 Å². The molecule has 0 aliphatic rings. The predicted octanol–water partition coefficient (Wildman–Crippen LogP) is -4.07. The molecule has 0 unspecified atom stereocenters. The van der Waals surface area contributed by atoms with Crippen molar-refractivity contribution in [1.82, 2.24) is 0 Å². The molecule has 0 aliphatic heterocycles. The molecule has 0 saturated carbocycles. The van der Waals surface area contributed by atoms with E-state index in [0.717, 1.165) is 0 Å². The SMILES string of the molecule is [Cr+3].[O]=[Sb]([O-])([O-])[O-]. The maximum atomic E-state index is 8.64. The van der Waals surface area contributed by atoms with E-state index in [4.69, 9.17) is 13.2 Å². The summed E-state index contributed by atoms with van der Waals surface area (Å²) >= 11 is -6.10. The molecule has 35 valence electrons. The fraction of sp³-hybridized carbons (Fsp3) is 0. The molecule has 4 nitrogen and oxygen atoms in total. The van der Waals surface area contributed by atoms with E-state index >= 15 is 0 Å². The second-order valence-electron chi connectivity index (χ2n) is 0.447. The Labute approximate surface area is 50.6 Å². The van der Waals surface area contributed by atoms with Crippen molar-refractivity contribution in [2.45, 2.75) is 0 Å². The van der Waals surface area contributed by atoms with Crippen molar-refractivity contribution in [2.75, 3.05) is 0 Å². The molecule has 6 heavy (non-hydrogen) atoms. The van der Waals surface area contributed by atoms with Crippen molar-refractivity contribution in [3.05, 3.63) is 0 Å². The number of rotatable bonds is 0. The first-order valence-corrected chi connectivity index (χ1v) is 4.90. The maximum absolute atomic E-state index is 8.64. The summed E-state index contributed by atoms with van der Waals surface area (Å²) in [5, 5.41) is 0. The van der Waals surface area contributed by atoms with Crippen molar-refractivity contribution in [1.29, 1.82) is 0 Å². The first-order valence-electron chi connectivity index (χ1n) is 0.730. The Morgan fingerprint density at radius 1 is 1.17 bits per heavy atom. The van der Waals surface area contributed by atoms with Gasteiger partial charge in [-0.1, -0.05) is 0 Å². The van der Waals surface area contributed by atoms with Gasteiger partial charge in [0.2, 0.25) is 0 Å². The number of hydrogen-bond acceptors (Lipinski definition) is 4. The molecule has 0 aliphatic carbocycles. The second kappa shape index (κ2) is 3.09. The van der Waals surface area contributed by atoms with Crippen LogP contribution in [0.1, 0.15) is 0 Å². The van der Waals surface area contributed by atoms with E-state index < -0.39 is 20.1 Å². The van der Waals surface area contributed by atoms with Gasteiger partial charge in [0.25, 0.3) is 0 Å². The third-order valence-corrected chi connectivity index (χ3v) is 0. The molecule has 0 rings (SSSR count). The summed E-state index contributed by atoms with van der Waals surface area (Å²) in [6, 6.07) is 0. The molecule has 0 saturated heterocycles. The van der Waals surface area contributed by atoms with Crippen LogP contribution in [-0.4, -0.2) is 20.1 Å². The van der Waals surface area contributed by atoms with Crippen molar-refractivity contribution in [2.24, 2.45) is 0 Å². The van der Waals surface area contributed by atoms with Gasteiger partial charge in [-0.3, -0.25) is 0 Å². The van der Waals surface area contributed by atoms with Crippen LogP contribution in [0, 0.1) is 0 Å². The molecular weight excluding hydrogens is 238 g/mol. The minimum absolute atomic E-state index is 0. The van der Waals surface area contributed by atoms with Gasteiger partial charge in [0.1, 0.15) is 0 Å². The molecule has 0 aromatic rings. The summed E-state index contributed by atoms with van der Waals surface area (Å²) in [6.45, 7) is 0. The third kappa shape index (κ3) is 76.9. The normalized spacial score (nSPS) is 9.83. The Balaban J connectivity index is 0. The van der Waals surface area contributed by atoms with Crippen LogP contribution in [0.3, 0.4) is 0 Å². The van der Waals surface area contributed by atoms with Gasteiger partial charge >= 0.3 is 50.6 Å². The van der Waals surface area contributed by atoms with Gasteiger partial charge in [-0.05, 0) is 0 Å². The molecule has 6 heteroatoms. The summed E-state index contributed by atoms with van der Waals surface area (Å²) in [4.78, 5) is 0. The van der Waals surface area contributed by atoms with Crippen LogP contribution in [0.25, 0.3) is 0 Å². The van der Waals surface area contributed by atoms with E-state index in [9.17, 15) is 0 Å². The summed E-state index contributed by atoms with van der Waals surface area (Å²) < 4.78 is 34.6. The first kappa shape index (κ1) is 10.1. The average molecular weight is 238 g/mol. The van der Waals surface area contributed by atoms with Crippen LogP contribution >= 0.6 is 0 Å². The van der Waals surface area contributed by atoms with Crippen LogP contribution in [0.5, 0.6) is 0 Å². The molecule has 0 amide bonds. The van der Waals surface area contributed by atoms with Gasteiger partial charge in [-0.15, -0.1) is 0 Å². The summed E-state index contributed by atoms with van der Waals surface area (Å²) in [5.74, 6) is 0. The van der Waals surface area contributed by atoms with E-state index in [1.165, 1.54) is 0 Å². The molecular formula is CrO4Sb. The zero-order valence-corrected chi connectivity index (χ0v) is 6.32. The molecule has 0 spiro atoms. The Hall–Kier alpha value is 1.03. The fourth-order valence-corrected chi connectivity index (χ4v) is 0. The molecule has 0 aromatic heterocycles. The predicted molar refractivity (Wildman–Crippen MR) is 6.44 cm³/mol. The molecule has 0 heterocycles. The van der Waals surface area contributed by atoms with Gasteiger partial charge < -0.3 is 0 Å². The van der Waals surface area contributed by atoms with Gasteiger partial charge in [-0.2, -0.15) is 0 Å². The molecule has 0 N–H and O–H groups in total. The zero-order valence-electron chi connectivity index (χ0n) is 2.49. The average Bonchev–Trinajstić information content (AvgIpc) is 0.722. The third-order valence-electron chi connectivity index (χ3n) is 0. The Bertz CT molecular complexity index is 53.7. The van der Waals surface area contributed by atoms with E-state index in [0.29, 0.717) is 0 Å². The first-order chi connectivity index (χ1) is 2.00. The van der Waals surface area contributed by atoms with Gasteiger partial charge in [-0.25, -0.2) is 0 Å². The van der Waals surface area contributed by atoms with E-state index in [1.54, 1.807) is 0 Å². The van der Waals surface area contributed by atoms with Crippen LogP contribution < -0.4 is 10.2 Å². The van der Waals surface area contributed by atoms with Crippen molar-refractivity contribution < 1.29 is 30.5 Å². The molecule has 1 radical (unpaired) electrons. The minimum atomic E-state index is -6.10. The van der Waals surface area contributed by atoms with Gasteiger partial charge in [0, 0.05) is 0 Å². The molecule has 0 fully saturated rings. The molecule has 0 atom stereocenters. The van der Waals surface area contributed by atoms with Crippen LogP contribution in [0.4, 0.5) is 0 Å². The quantitative estimate of drug-likeness (QED) is 0.401. The Morgan fingerprint density at radius 2 is 1.17 bits per heavy atom. The molecule has 0 bridgehead atoms. The monoisotopic (exact) mass is 237 g/mol. The topological polar surface area (TPSA) is 86.2 Å². The van der Waals surface area contributed by atoms with Crippen molar-refractivity contribution >= 4 is 20.1 Å². The second-order valence-corrected chi connectivity index (χ2v) is 3.00. The van der Waals surface area contributed by atoms with Crippen molar-refractivity contribution in [3.63, 3.8) is 0 Å². The number of hydrogen-bond donors (Lipinski definition) is 0. The Morgan fingerprint density at radius 3 is 1.17 bits per heavy atom. The molecule has 0 aromatic carbocycles. The van der Waals surface area contributed by atoms with E-state index in [2.05, 4.69) is 0 Å². The van der Waals surface area contributed by atoms with Crippen LogP contribution in [0.2, 0.25) is 0 Å². The van der Waals surface area contributed by atoms with E-state index in [-0.39, 0.29) is 17.4 Å². The fourth-order valence-electron chi connectivity index (χ4n) is 0. The van der Waals surface area contributed by atoms with Crippen LogP contribution in [-0.2, 0) is 20.4 Å². The zero-order chi connectivity index (χ0) is 4.50. The standard InChI is InChI=1S/Cr.4O.Sb/q+3;;3*-1;. The van der Waals surface area contributed by atoms with Gasteiger partial charge in [0.15, 0.2) is 0 Å². The Kier molecular flexibility index (Phi) is 5.20. The summed E-state index contributed by atoms with van der Waals surface area (Å²) in [7, 11) is 0. The summed E-state index contributed by atoms with van der Waals surface area (Å²) in [6.07, 6.45) is 0. The van der Waals surface area contributed by atoms with E-state index in [1.807, 2.05) is 0 Å². The van der Waals surface area contributed by atoms with Crippen molar-refractivity contribution in [3.8, 4) is 0 Å².